The highest BCUT2D eigenvalue weighted by Crippen LogP contribution is 2.22. The highest BCUT2D eigenvalue weighted by molar-refractivity contribution is 7.09. The molecule has 7 heteroatoms. The van der Waals surface area contributed by atoms with Crippen molar-refractivity contribution in [3.8, 4) is 11.3 Å². The van der Waals surface area contributed by atoms with Gasteiger partial charge in [-0.1, -0.05) is 0 Å². The number of nitrogens with zero attached hydrogens (tertiary/aromatic N) is 2. The molecular weight excluding hydrogens is 278 g/mol. The van der Waals surface area contributed by atoms with Crippen LogP contribution in [-0.4, -0.2) is 44.9 Å². The molecule has 106 valence electrons. The molecule has 0 saturated heterocycles. The van der Waals surface area contributed by atoms with Gasteiger partial charge in [0.05, 0.1) is 10.7 Å². The summed E-state index contributed by atoms with van der Waals surface area (Å²) in [6, 6.07) is 1.70. The van der Waals surface area contributed by atoms with Gasteiger partial charge in [0.1, 0.15) is 12.2 Å². The smallest absolute Gasteiger partial charge is 0.323 e. The molecule has 2 rings (SSSR count). The Morgan fingerprint density at radius 1 is 1.50 bits per heavy atom. The first-order chi connectivity index (χ1) is 9.51. The number of carbonyl (C=O) groups is 2. The molecule has 2 N–H and O–H groups in total. The summed E-state index contributed by atoms with van der Waals surface area (Å²) in [4.78, 5) is 31.4. The molecule has 0 atom stereocenters. The summed E-state index contributed by atoms with van der Waals surface area (Å²) in [6.07, 6.45) is 1.70. The summed E-state index contributed by atoms with van der Waals surface area (Å²) in [6.45, 7) is 3.70. The summed E-state index contributed by atoms with van der Waals surface area (Å²) in [7, 11) is 0. The molecule has 0 aromatic carbocycles. The fourth-order valence-corrected chi connectivity index (χ4v) is 2.44. The molecule has 0 spiro atoms. The van der Waals surface area contributed by atoms with Crippen LogP contribution in [0.1, 0.15) is 22.4 Å². The predicted octanol–water partition coefficient (Wildman–Crippen LogP) is 1.99. The molecule has 0 radical (unpaired) electrons. The molecule has 0 aliphatic heterocycles. The van der Waals surface area contributed by atoms with Crippen molar-refractivity contribution in [2.75, 3.05) is 13.1 Å². The molecule has 0 aliphatic carbocycles. The molecule has 2 aromatic rings. The number of aliphatic carboxylic acids is 1. The summed E-state index contributed by atoms with van der Waals surface area (Å²) >= 11 is 1.54. The average molecular weight is 293 g/mol. The number of carboxylic acid groups (broad SMARTS) is 1. The van der Waals surface area contributed by atoms with Crippen molar-refractivity contribution in [1.29, 1.82) is 0 Å². The Balaban J connectivity index is 2.19. The molecule has 2 aromatic heterocycles. The van der Waals surface area contributed by atoms with Gasteiger partial charge in [-0.2, -0.15) is 0 Å². The molecule has 0 aliphatic rings. The van der Waals surface area contributed by atoms with Crippen molar-refractivity contribution in [2.45, 2.75) is 13.8 Å². The van der Waals surface area contributed by atoms with Crippen molar-refractivity contribution in [3.63, 3.8) is 0 Å². The fraction of sp³-hybridized carbons (Fsp3) is 0.308. The third kappa shape index (κ3) is 3.05. The lowest BCUT2D eigenvalue weighted by atomic mass is 10.2. The fourth-order valence-electron chi connectivity index (χ4n) is 1.82. The summed E-state index contributed by atoms with van der Waals surface area (Å²) in [5.41, 5.74) is 2.00. The summed E-state index contributed by atoms with van der Waals surface area (Å²) in [5.74, 6) is -1.35. The van der Waals surface area contributed by atoms with Crippen LogP contribution >= 0.6 is 11.3 Å². The van der Waals surface area contributed by atoms with E-state index in [1.807, 2.05) is 12.3 Å². The van der Waals surface area contributed by atoms with Gasteiger partial charge in [0, 0.05) is 23.7 Å². The van der Waals surface area contributed by atoms with E-state index in [2.05, 4.69) is 9.97 Å². The number of carbonyl (C=O) groups excluding carboxylic acids is 1. The minimum atomic E-state index is -1.03. The van der Waals surface area contributed by atoms with Crippen molar-refractivity contribution in [3.05, 3.63) is 28.3 Å². The number of aryl methyl sites for hydroxylation is 1. The maximum atomic E-state index is 12.2. The standard InChI is InChI=1S/C13H15N3O3S/c1-3-16(6-12(17)18)13(19)10-4-9(5-14-10)11-7-20-8(2)15-11/h4-5,7,14H,3,6H2,1-2H3,(H,17,18). The Morgan fingerprint density at radius 2 is 2.25 bits per heavy atom. The van der Waals surface area contributed by atoms with Crippen molar-refractivity contribution < 1.29 is 14.7 Å². The van der Waals surface area contributed by atoms with Gasteiger partial charge in [-0.3, -0.25) is 9.59 Å². The first-order valence-electron chi connectivity index (χ1n) is 6.13. The van der Waals surface area contributed by atoms with Crippen LogP contribution < -0.4 is 0 Å². The van der Waals surface area contributed by atoms with E-state index in [9.17, 15) is 9.59 Å². The first-order valence-corrected chi connectivity index (χ1v) is 7.01. The zero-order valence-corrected chi connectivity index (χ0v) is 12.0. The van der Waals surface area contributed by atoms with Gasteiger partial charge in [-0.05, 0) is 19.9 Å². The molecular formula is C13H15N3O3S. The second-order valence-corrected chi connectivity index (χ2v) is 5.33. The van der Waals surface area contributed by atoms with Gasteiger partial charge in [0.2, 0.25) is 0 Å². The number of nitrogens with one attached hydrogen (secondary N) is 1. The van der Waals surface area contributed by atoms with E-state index in [-0.39, 0.29) is 12.5 Å². The Hall–Kier alpha value is -2.15. The lowest BCUT2D eigenvalue weighted by Crippen LogP contribution is -2.35. The first kappa shape index (κ1) is 14.3. The quantitative estimate of drug-likeness (QED) is 0.882. The lowest BCUT2D eigenvalue weighted by molar-refractivity contribution is -0.137. The number of hydrogen-bond donors (Lipinski definition) is 2. The highest BCUT2D eigenvalue weighted by Gasteiger charge is 2.19. The zero-order valence-electron chi connectivity index (χ0n) is 11.2. The number of hydrogen-bond acceptors (Lipinski definition) is 4. The van der Waals surface area contributed by atoms with E-state index in [1.165, 1.54) is 16.2 Å². The van der Waals surface area contributed by atoms with Crippen molar-refractivity contribution in [2.24, 2.45) is 0 Å². The van der Waals surface area contributed by atoms with E-state index in [1.54, 1.807) is 19.2 Å². The van der Waals surface area contributed by atoms with E-state index < -0.39 is 5.97 Å². The van der Waals surface area contributed by atoms with Crippen LogP contribution in [0.2, 0.25) is 0 Å². The lowest BCUT2D eigenvalue weighted by Gasteiger charge is -2.17. The maximum Gasteiger partial charge on any atom is 0.323 e. The summed E-state index contributed by atoms with van der Waals surface area (Å²) in [5, 5.41) is 11.7. The average Bonchev–Trinajstić information content (AvgIpc) is 3.03. The third-order valence-electron chi connectivity index (χ3n) is 2.82. The SMILES string of the molecule is CCN(CC(=O)O)C(=O)c1cc(-c2csc(C)n2)c[nH]1. The Morgan fingerprint density at radius 3 is 2.80 bits per heavy atom. The van der Waals surface area contributed by atoms with Crippen LogP contribution in [0.3, 0.4) is 0 Å². The number of likely N-dealkylation sites (N-methyl/N-ethyl adjacent to an activating group) is 1. The molecule has 6 nitrogen and oxygen atoms in total. The highest BCUT2D eigenvalue weighted by atomic mass is 32.1. The summed E-state index contributed by atoms with van der Waals surface area (Å²) < 4.78 is 0. The number of amides is 1. The molecule has 1 amide bonds. The minimum Gasteiger partial charge on any atom is -0.480 e. The molecule has 2 heterocycles. The zero-order chi connectivity index (χ0) is 14.7. The normalized spacial score (nSPS) is 10.5. The van der Waals surface area contributed by atoms with Crippen LogP contribution in [0.5, 0.6) is 0 Å². The monoisotopic (exact) mass is 293 g/mol. The molecule has 0 bridgehead atoms. The Kier molecular flexibility index (Phi) is 4.19. The largest absolute Gasteiger partial charge is 0.480 e. The van der Waals surface area contributed by atoms with Gasteiger partial charge < -0.3 is 15.0 Å². The van der Waals surface area contributed by atoms with Crippen LogP contribution in [-0.2, 0) is 4.79 Å². The molecule has 0 unspecified atom stereocenters. The number of thiazole rings is 1. The van der Waals surface area contributed by atoms with Crippen molar-refractivity contribution in [1.82, 2.24) is 14.9 Å². The minimum absolute atomic E-state index is 0.306. The van der Waals surface area contributed by atoms with Crippen LogP contribution in [0.4, 0.5) is 0 Å². The van der Waals surface area contributed by atoms with Gasteiger partial charge in [0.25, 0.3) is 5.91 Å². The Labute approximate surface area is 120 Å². The number of H-pyrrole nitrogens is 1. The third-order valence-corrected chi connectivity index (χ3v) is 3.60. The van der Waals surface area contributed by atoms with Gasteiger partial charge in [-0.15, -0.1) is 11.3 Å². The van der Waals surface area contributed by atoms with Crippen molar-refractivity contribution >= 4 is 23.2 Å². The predicted molar refractivity (Wildman–Crippen MR) is 75.9 cm³/mol. The van der Waals surface area contributed by atoms with Gasteiger partial charge in [-0.25, -0.2) is 4.98 Å². The Bertz CT molecular complexity index is 632. The topological polar surface area (TPSA) is 86.3 Å². The number of aromatic amines is 1. The van der Waals surface area contributed by atoms with E-state index in [0.29, 0.717) is 12.2 Å². The molecule has 20 heavy (non-hydrogen) atoms. The van der Waals surface area contributed by atoms with Gasteiger partial charge >= 0.3 is 5.97 Å². The molecule has 0 saturated carbocycles. The second kappa shape index (κ2) is 5.87. The maximum absolute atomic E-state index is 12.2. The number of aromatic nitrogens is 2. The van der Waals surface area contributed by atoms with Crippen LogP contribution in [0, 0.1) is 6.92 Å². The van der Waals surface area contributed by atoms with Crippen LogP contribution in [0.15, 0.2) is 17.6 Å². The number of rotatable bonds is 5. The number of carboxylic acids is 1. The van der Waals surface area contributed by atoms with Crippen LogP contribution in [0.25, 0.3) is 11.3 Å². The second-order valence-electron chi connectivity index (χ2n) is 4.27. The van der Waals surface area contributed by atoms with E-state index >= 15 is 0 Å². The van der Waals surface area contributed by atoms with Gasteiger partial charge in [0.15, 0.2) is 0 Å². The van der Waals surface area contributed by atoms with E-state index in [0.717, 1.165) is 16.3 Å². The van der Waals surface area contributed by atoms with E-state index in [4.69, 9.17) is 5.11 Å². The molecule has 0 fully saturated rings.